The largest absolute Gasteiger partial charge is 0.418 e. The molecule has 1 aromatic rings. The van der Waals surface area contributed by atoms with E-state index in [4.69, 9.17) is 11.0 Å². The van der Waals surface area contributed by atoms with Crippen molar-refractivity contribution in [1.82, 2.24) is 9.97 Å². The SMILES string of the molecule is C=C(c1nc(N)cnc1C#N)C(F)(F)F. The van der Waals surface area contributed by atoms with Crippen molar-refractivity contribution in [3.8, 4) is 6.07 Å². The van der Waals surface area contributed by atoms with Gasteiger partial charge in [0.05, 0.1) is 11.8 Å². The Kier molecular flexibility index (Phi) is 2.61. The van der Waals surface area contributed by atoms with Crippen molar-refractivity contribution in [2.45, 2.75) is 6.18 Å². The Hall–Kier alpha value is -2.10. The zero-order valence-electron chi connectivity index (χ0n) is 7.34. The third kappa shape index (κ3) is 2.22. The van der Waals surface area contributed by atoms with E-state index in [0.29, 0.717) is 0 Å². The summed E-state index contributed by atoms with van der Waals surface area (Å²) in [5.41, 5.74) is 2.85. The summed E-state index contributed by atoms with van der Waals surface area (Å²) in [7, 11) is 0. The van der Waals surface area contributed by atoms with Gasteiger partial charge in [0.25, 0.3) is 0 Å². The molecule has 0 radical (unpaired) electrons. The number of halogens is 3. The lowest BCUT2D eigenvalue weighted by molar-refractivity contribution is -0.0689. The van der Waals surface area contributed by atoms with Crippen molar-refractivity contribution in [1.29, 1.82) is 5.26 Å². The van der Waals surface area contributed by atoms with Crippen molar-refractivity contribution in [2.24, 2.45) is 0 Å². The van der Waals surface area contributed by atoms with Gasteiger partial charge in [-0.2, -0.15) is 18.4 Å². The Labute approximate surface area is 82.9 Å². The molecule has 0 saturated heterocycles. The van der Waals surface area contributed by atoms with Crippen molar-refractivity contribution in [2.75, 3.05) is 5.73 Å². The number of hydrogen-bond acceptors (Lipinski definition) is 4. The summed E-state index contributed by atoms with van der Waals surface area (Å²) in [6.07, 6.45) is -3.65. The topological polar surface area (TPSA) is 75.6 Å². The average molecular weight is 214 g/mol. The first-order valence-electron chi connectivity index (χ1n) is 3.65. The highest BCUT2D eigenvalue weighted by Crippen LogP contribution is 2.32. The first-order chi connectivity index (χ1) is 6.86. The van der Waals surface area contributed by atoms with Gasteiger partial charge >= 0.3 is 6.18 Å². The molecule has 15 heavy (non-hydrogen) atoms. The summed E-state index contributed by atoms with van der Waals surface area (Å²) in [6.45, 7) is 2.81. The highest BCUT2D eigenvalue weighted by atomic mass is 19.4. The van der Waals surface area contributed by atoms with Gasteiger partial charge in [0, 0.05) is 0 Å². The van der Waals surface area contributed by atoms with Gasteiger partial charge in [0.1, 0.15) is 17.6 Å². The van der Waals surface area contributed by atoms with Gasteiger partial charge in [-0.05, 0) is 0 Å². The van der Waals surface area contributed by atoms with Crippen LogP contribution in [0.25, 0.3) is 5.57 Å². The van der Waals surface area contributed by atoms with E-state index in [2.05, 4.69) is 16.5 Å². The third-order valence-corrected chi connectivity index (χ3v) is 1.53. The number of nitriles is 1. The molecule has 1 aromatic heterocycles. The minimum atomic E-state index is -4.66. The van der Waals surface area contributed by atoms with Crippen LogP contribution >= 0.6 is 0 Å². The number of nitrogens with two attached hydrogens (primary N) is 1. The first-order valence-corrected chi connectivity index (χ1v) is 3.65. The number of nitrogens with zero attached hydrogens (tertiary/aromatic N) is 3. The summed E-state index contributed by atoms with van der Waals surface area (Å²) < 4.78 is 36.8. The molecule has 0 spiro atoms. The number of hydrogen-bond donors (Lipinski definition) is 1. The molecule has 0 atom stereocenters. The molecule has 0 bridgehead atoms. The molecule has 0 aromatic carbocycles. The van der Waals surface area contributed by atoms with E-state index in [1.807, 2.05) is 0 Å². The highest BCUT2D eigenvalue weighted by molar-refractivity contribution is 5.68. The molecular formula is C8H5F3N4. The fourth-order valence-corrected chi connectivity index (χ4v) is 0.829. The van der Waals surface area contributed by atoms with Gasteiger partial charge in [-0.3, -0.25) is 0 Å². The van der Waals surface area contributed by atoms with Crippen LogP contribution in [0.1, 0.15) is 11.4 Å². The van der Waals surface area contributed by atoms with Crippen molar-refractivity contribution in [3.63, 3.8) is 0 Å². The fraction of sp³-hybridized carbons (Fsp3) is 0.125. The molecule has 78 valence electrons. The predicted octanol–water partition coefficient (Wildman–Crippen LogP) is 1.51. The van der Waals surface area contributed by atoms with Crippen LogP contribution in [0, 0.1) is 11.3 Å². The molecule has 4 nitrogen and oxygen atoms in total. The zero-order chi connectivity index (χ0) is 11.6. The Morgan fingerprint density at radius 2 is 2.13 bits per heavy atom. The molecule has 0 fully saturated rings. The van der Waals surface area contributed by atoms with Crippen LogP contribution in [0.2, 0.25) is 0 Å². The molecular weight excluding hydrogens is 209 g/mol. The second-order valence-corrected chi connectivity index (χ2v) is 2.58. The summed E-state index contributed by atoms with van der Waals surface area (Å²) in [5.74, 6) is -0.200. The normalized spacial score (nSPS) is 10.8. The zero-order valence-corrected chi connectivity index (χ0v) is 7.34. The second kappa shape index (κ2) is 3.57. The van der Waals surface area contributed by atoms with E-state index < -0.39 is 23.1 Å². The lowest BCUT2D eigenvalue weighted by Gasteiger charge is -2.10. The Morgan fingerprint density at radius 3 is 2.60 bits per heavy atom. The van der Waals surface area contributed by atoms with Crippen molar-refractivity contribution < 1.29 is 13.2 Å². The van der Waals surface area contributed by atoms with Crippen LogP contribution in [-0.4, -0.2) is 16.1 Å². The van der Waals surface area contributed by atoms with E-state index in [0.717, 1.165) is 6.20 Å². The smallest absolute Gasteiger partial charge is 0.382 e. The average Bonchev–Trinajstić information content (AvgIpc) is 2.15. The van der Waals surface area contributed by atoms with Crippen LogP contribution < -0.4 is 5.73 Å². The summed E-state index contributed by atoms with van der Waals surface area (Å²) in [4.78, 5) is 6.81. The molecule has 2 N–H and O–H groups in total. The van der Waals surface area contributed by atoms with Crippen LogP contribution in [0.3, 0.4) is 0 Å². The van der Waals surface area contributed by atoms with Crippen molar-refractivity contribution >= 4 is 11.4 Å². The van der Waals surface area contributed by atoms with Gasteiger partial charge < -0.3 is 5.73 Å². The van der Waals surface area contributed by atoms with E-state index in [9.17, 15) is 13.2 Å². The van der Waals surface area contributed by atoms with Crippen LogP contribution in [0.5, 0.6) is 0 Å². The maximum atomic E-state index is 12.3. The first kappa shape index (κ1) is 11.0. The van der Waals surface area contributed by atoms with Gasteiger partial charge in [-0.1, -0.05) is 6.58 Å². The molecule has 1 heterocycles. The molecule has 0 saturated carbocycles. The molecule has 0 aliphatic heterocycles. The lowest BCUT2D eigenvalue weighted by atomic mass is 10.1. The number of rotatable bonds is 1. The van der Waals surface area contributed by atoms with E-state index in [-0.39, 0.29) is 5.82 Å². The maximum absolute atomic E-state index is 12.3. The highest BCUT2D eigenvalue weighted by Gasteiger charge is 2.35. The third-order valence-electron chi connectivity index (χ3n) is 1.53. The lowest BCUT2D eigenvalue weighted by Crippen LogP contribution is -2.13. The van der Waals surface area contributed by atoms with Gasteiger partial charge in [-0.15, -0.1) is 0 Å². The standard InChI is InChI=1S/C8H5F3N4/c1-4(8(9,10)11)7-5(2-12)14-3-6(13)15-7/h3H,1H2,(H2,13,15). The van der Waals surface area contributed by atoms with Gasteiger partial charge in [0.15, 0.2) is 5.69 Å². The minimum absolute atomic E-state index is 0.200. The van der Waals surface area contributed by atoms with E-state index in [1.165, 1.54) is 6.07 Å². The number of aromatic nitrogens is 2. The van der Waals surface area contributed by atoms with Crippen LogP contribution in [0.15, 0.2) is 12.8 Å². The molecule has 0 unspecified atom stereocenters. The Balaban J connectivity index is 3.31. The van der Waals surface area contributed by atoms with E-state index in [1.54, 1.807) is 0 Å². The second-order valence-electron chi connectivity index (χ2n) is 2.58. The Morgan fingerprint density at radius 1 is 1.53 bits per heavy atom. The van der Waals surface area contributed by atoms with Crippen LogP contribution in [0.4, 0.5) is 19.0 Å². The molecule has 0 aliphatic rings. The molecule has 0 amide bonds. The summed E-state index contributed by atoms with van der Waals surface area (Å²) >= 11 is 0. The van der Waals surface area contributed by atoms with Crippen LogP contribution in [-0.2, 0) is 0 Å². The van der Waals surface area contributed by atoms with Gasteiger partial charge in [0.2, 0.25) is 0 Å². The minimum Gasteiger partial charge on any atom is -0.382 e. The summed E-state index contributed by atoms with van der Waals surface area (Å²) in [6, 6.07) is 1.49. The van der Waals surface area contributed by atoms with Crippen molar-refractivity contribution in [3.05, 3.63) is 24.2 Å². The Bertz CT molecular complexity index is 444. The number of nitrogen functional groups attached to an aromatic ring is 1. The number of anilines is 1. The maximum Gasteiger partial charge on any atom is 0.418 e. The predicted molar refractivity (Wildman–Crippen MR) is 46.2 cm³/mol. The fourth-order valence-electron chi connectivity index (χ4n) is 0.829. The summed E-state index contributed by atoms with van der Waals surface area (Å²) in [5, 5.41) is 8.52. The molecule has 7 heteroatoms. The quantitative estimate of drug-likeness (QED) is 0.768. The molecule has 1 rings (SSSR count). The monoisotopic (exact) mass is 214 g/mol. The van der Waals surface area contributed by atoms with E-state index >= 15 is 0 Å². The molecule has 0 aliphatic carbocycles. The van der Waals surface area contributed by atoms with Gasteiger partial charge in [-0.25, -0.2) is 9.97 Å². The number of alkyl halides is 3. The number of allylic oxidation sites excluding steroid dienone is 1.